The molecule has 2 saturated heterocycles. The Hall–Kier alpha value is -1.84. The summed E-state index contributed by atoms with van der Waals surface area (Å²) in [5.74, 6) is 1.71. The molecule has 0 N–H and O–H groups in total. The molecule has 0 aliphatic carbocycles. The van der Waals surface area contributed by atoms with Gasteiger partial charge in [-0.1, -0.05) is 61.9 Å². The van der Waals surface area contributed by atoms with Crippen molar-refractivity contribution in [1.29, 1.82) is 0 Å². The van der Waals surface area contributed by atoms with Crippen molar-refractivity contribution >= 4 is 0 Å². The molecule has 1 unspecified atom stereocenters. The molecule has 0 radical (unpaired) electrons. The third kappa shape index (κ3) is 7.08. The van der Waals surface area contributed by atoms with Crippen LogP contribution < -0.4 is 4.74 Å². The van der Waals surface area contributed by atoms with Crippen LogP contribution in [0.1, 0.15) is 68.9 Å². The number of piperidine rings is 2. The number of hydrogen-bond acceptors (Lipinski definition) is 3. The van der Waals surface area contributed by atoms with Crippen molar-refractivity contribution in [3.63, 3.8) is 0 Å². The van der Waals surface area contributed by atoms with Crippen LogP contribution in [-0.2, 0) is 6.42 Å². The Bertz CT molecular complexity index is 779. The largest absolute Gasteiger partial charge is 0.490 e. The Morgan fingerprint density at radius 3 is 2.31 bits per heavy atom. The maximum Gasteiger partial charge on any atom is 0.122 e. The number of aryl methyl sites for hydroxylation is 1. The van der Waals surface area contributed by atoms with Crippen LogP contribution in [0.25, 0.3) is 0 Å². The van der Waals surface area contributed by atoms with E-state index in [-0.39, 0.29) is 0 Å². The average Bonchev–Trinajstić information content (AvgIpc) is 2.85. The molecular formula is C29H42N2O. The third-order valence-electron chi connectivity index (χ3n) is 7.32. The van der Waals surface area contributed by atoms with Gasteiger partial charge in [-0.05, 0) is 87.7 Å². The third-order valence-corrected chi connectivity index (χ3v) is 7.32. The van der Waals surface area contributed by atoms with Gasteiger partial charge < -0.3 is 14.5 Å². The zero-order valence-electron chi connectivity index (χ0n) is 20.1. The topological polar surface area (TPSA) is 15.7 Å². The molecule has 32 heavy (non-hydrogen) atoms. The lowest BCUT2D eigenvalue weighted by Crippen LogP contribution is -2.40. The van der Waals surface area contributed by atoms with Gasteiger partial charge in [-0.3, -0.25) is 0 Å². The van der Waals surface area contributed by atoms with Gasteiger partial charge in [-0.2, -0.15) is 0 Å². The Kier molecular flexibility index (Phi) is 9.05. The second kappa shape index (κ2) is 12.4. The first kappa shape index (κ1) is 23.3. The van der Waals surface area contributed by atoms with Crippen LogP contribution in [0.4, 0.5) is 0 Å². The lowest BCUT2D eigenvalue weighted by molar-refractivity contribution is 0.0970. The van der Waals surface area contributed by atoms with Gasteiger partial charge in [0.05, 0.1) is 0 Å². The molecule has 0 bridgehead atoms. The maximum atomic E-state index is 6.53. The van der Waals surface area contributed by atoms with Gasteiger partial charge in [0.15, 0.2) is 0 Å². The average molecular weight is 435 g/mol. The van der Waals surface area contributed by atoms with Crippen molar-refractivity contribution < 1.29 is 4.74 Å². The zero-order chi connectivity index (χ0) is 22.0. The Labute approximate surface area is 195 Å². The first-order valence-electron chi connectivity index (χ1n) is 13.0. The molecule has 2 aromatic carbocycles. The molecule has 0 aromatic heterocycles. The summed E-state index contributed by atoms with van der Waals surface area (Å²) in [6.07, 6.45) is 10.5. The molecule has 3 nitrogen and oxygen atoms in total. The van der Waals surface area contributed by atoms with E-state index in [0.29, 0.717) is 12.0 Å². The number of benzene rings is 2. The standard InChI is InChI=1S/C29H42N2O/c1-25(26-12-4-2-5-13-26)24-31-22-17-28(18-23-31)32-29-16-7-6-14-27(29)15-8-11-21-30-19-9-3-10-20-30/h2,4-7,12-14,16,25,28H,3,8-11,15,17-24H2,1H3. The predicted octanol–water partition coefficient (Wildman–Crippen LogP) is 6.14. The Balaban J connectivity index is 1.19. The number of para-hydroxylation sites is 1. The van der Waals surface area contributed by atoms with Crippen LogP contribution in [0.5, 0.6) is 5.75 Å². The quantitative estimate of drug-likeness (QED) is 0.418. The fraction of sp³-hybridized carbons (Fsp3) is 0.586. The molecular weight excluding hydrogens is 392 g/mol. The minimum absolute atomic E-state index is 0.354. The number of rotatable bonds is 10. The number of ether oxygens (including phenoxy) is 1. The molecule has 0 spiro atoms. The maximum absolute atomic E-state index is 6.53. The molecule has 0 saturated carbocycles. The van der Waals surface area contributed by atoms with Crippen LogP contribution >= 0.6 is 0 Å². The number of unbranched alkanes of at least 4 members (excludes halogenated alkanes) is 1. The molecule has 2 aliphatic rings. The minimum atomic E-state index is 0.354. The van der Waals surface area contributed by atoms with E-state index in [1.54, 1.807) is 0 Å². The highest BCUT2D eigenvalue weighted by atomic mass is 16.5. The van der Waals surface area contributed by atoms with Gasteiger partial charge in [0.2, 0.25) is 0 Å². The Morgan fingerprint density at radius 1 is 0.812 bits per heavy atom. The molecule has 2 aliphatic heterocycles. The number of nitrogens with zero attached hydrogens (tertiary/aromatic N) is 2. The van der Waals surface area contributed by atoms with E-state index in [9.17, 15) is 0 Å². The van der Waals surface area contributed by atoms with Crippen LogP contribution in [0.2, 0.25) is 0 Å². The van der Waals surface area contributed by atoms with E-state index in [2.05, 4.69) is 71.3 Å². The van der Waals surface area contributed by atoms with Crippen molar-refractivity contribution in [1.82, 2.24) is 9.80 Å². The highest BCUT2D eigenvalue weighted by Gasteiger charge is 2.22. The lowest BCUT2D eigenvalue weighted by atomic mass is 9.99. The number of hydrogen-bond donors (Lipinski definition) is 0. The highest BCUT2D eigenvalue weighted by molar-refractivity contribution is 5.33. The van der Waals surface area contributed by atoms with Crippen LogP contribution in [-0.4, -0.2) is 55.2 Å². The molecule has 0 amide bonds. The molecule has 1 atom stereocenters. The monoisotopic (exact) mass is 434 g/mol. The summed E-state index contributed by atoms with van der Waals surface area (Å²) >= 11 is 0. The van der Waals surface area contributed by atoms with E-state index in [1.165, 1.54) is 62.9 Å². The molecule has 2 heterocycles. The van der Waals surface area contributed by atoms with E-state index in [0.717, 1.165) is 44.6 Å². The molecule has 4 rings (SSSR count). The van der Waals surface area contributed by atoms with Crippen molar-refractivity contribution in [2.75, 3.05) is 39.3 Å². The molecule has 2 aromatic rings. The van der Waals surface area contributed by atoms with Crippen molar-refractivity contribution in [2.24, 2.45) is 0 Å². The van der Waals surface area contributed by atoms with Crippen molar-refractivity contribution in [3.8, 4) is 5.75 Å². The van der Waals surface area contributed by atoms with Gasteiger partial charge in [0.1, 0.15) is 11.9 Å². The second-order valence-corrected chi connectivity index (χ2v) is 9.90. The smallest absolute Gasteiger partial charge is 0.122 e. The van der Waals surface area contributed by atoms with Gasteiger partial charge in [0, 0.05) is 19.6 Å². The summed E-state index contributed by atoms with van der Waals surface area (Å²) in [4.78, 5) is 5.27. The first-order valence-corrected chi connectivity index (χ1v) is 13.0. The van der Waals surface area contributed by atoms with Gasteiger partial charge in [0.25, 0.3) is 0 Å². The van der Waals surface area contributed by atoms with Crippen LogP contribution in [0.3, 0.4) is 0 Å². The first-order chi connectivity index (χ1) is 15.8. The normalized spacial score (nSPS) is 19.7. The molecule has 174 valence electrons. The zero-order valence-corrected chi connectivity index (χ0v) is 20.1. The summed E-state index contributed by atoms with van der Waals surface area (Å²) < 4.78 is 6.53. The molecule has 2 fully saturated rings. The predicted molar refractivity (Wildman–Crippen MR) is 135 cm³/mol. The van der Waals surface area contributed by atoms with E-state index >= 15 is 0 Å². The van der Waals surface area contributed by atoms with E-state index < -0.39 is 0 Å². The Morgan fingerprint density at radius 2 is 1.53 bits per heavy atom. The summed E-state index contributed by atoms with van der Waals surface area (Å²) in [6, 6.07) is 19.7. The summed E-state index contributed by atoms with van der Waals surface area (Å²) in [6.45, 7) is 9.65. The van der Waals surface area contributed by atoms with Gasteiger partial charge in [-0.25, -0.2) is 0 Å². The van der Waals surface area contributed by atoms with Crippen LogP contribution in [0, 0.1) is 0 Å². The van der Waals surface area contributed by atoms with E-state index in [1.807, 2.05) is 0 Å². The summed E-state index contributed by atoms with van der Waals surface area (Å²) in [5.41, 5.74) is 2.84. The number of likely N-dealkylation sites (tertiary alicyclic amines) is 2. The van der Waals surface area contributed by atoms with Gasteiger partial charge >= 0.3 is 0 Å². The van der Waals surface area contributed by atoms with Gasteiger partial charge in [-0.15, -0.1) is 0 Å². The summed E-state index contributed by atoms with van der Waals surface area (Å²) in [7, 11) is 0. The van der Waals surface area contributed by atoms with Crippen molar-refractivity contribution in [2.45, 2.75) is 70.3 Å². The highest BCUT2D eigenvalue weighted by Crippen LogP contribution is 2.26. The fourth-order valence-electron chi connectivity index (χ4n) is 5.32. The molecule has 3 heteroatoms. The van der Waals surface area contributed by atoms with E-state index in [4.69, 9.17) is 4.74 Å². The second-order valence-electron chi connectivity index (χ2n) is 9.90. The fourth-order valence-corrected chi connectivity index (χ4v) is 5.32. The van der Waals surface area contributed by atoms with Crippen LogP contribution in [0.15, 0.2) is 54.6 Å². The minimum Gasteiger partial charge on any atom is -0.490 e. The van der Waals surface area contributed by atoms with Crippen molar-refractivity contribution in [3.05, 3.63) is 65.7 Å². The summed E-state index contributed by atoms with van der Waals surface area (Å²) in [5, 5.41) is 0. The SMILES string of the molecule is CC(CN1CCC(Oc2ccccc2CCCCN2CCCCC2)CC1)c1ccccc1. The lowest BCUT2D eigenvalue weighted by Gasteiger charge is -2.34.